The summed E-state index contributed by atoms with van der Waals surface area (Å²) in [6.07, 6.45) is 8.20. The van der Waals surface area contributed by atoms with E-state index in [1.165, 1.54) is 23.3 Å². The highest BCUT2D eigenvalue weighted by molar-refractivity contribution is 7.16. The second-order valence-electron chi connectivity index (χ2n) is 11.0. The molecule has 8 heteroatoms. The number of anilines is 2. The molecule has 0 unspecified atom stereocenters. The number of ether oxygens (including phenoxy) is 2. The molecule has 0 aliphatic heterocycles. The maximum atomic E-state index is 13.8. The predicted molar refractivity (Wildman–Crippen MR) is 179 cm³/mol. The molecule has 3 aromatic carbocycles. The van der Waals surface area contributed by atoms with Gasteiger partial charge in [0.15, 0.2) is 18.1 Å². The lowest BCUT2D eigenvalue weighted by Crippen LogP contribution is -2.20. The molecular formula is C36H39N3O4S. The van der Waals surface area contributed by atoms with Crippen LogP contribution >= 0.6 is 11.3 Å². The van der Waals surface area contributed by atoms with Crippen molar-refractivity contribution in [2.75, 3.05) is 23.8 Å². The Morgan fingerprint density at radius 3 is 2.41 bits per heavy atom. The number of aryl methyl sites for hydroxylation is 3. The highest BCUT2D eigenvalue weighted by Gasteiger charge is 2.24. The van der Waals surface area contributed by atoms with E-state index >= 15 is 0 Å². The van der Waals surface area contributed by atoms with Crippen LogP contribution in [-0.4, -0.2) is 31.2 Å². The van der Waals surface area contributed by atoms with Gasteiger partial charge in [0.1, 0.15) is 5.00 Å². The van der Waals surface area contributed by atoms with Gasteiger partial charge in [0.05, 0.1) is 12.2 Å². The molecule has 1 heterocycles. The third kappa shape index (κ3) is 7.94. The van der Waals surface area contributed by atoms with Crippen molar-refractivity contribution in [3.8, 4) is 11.5 Å². The number of nitrogens with one attached hydrogen (secondary N) is 2. The van der Waals surface area contributed by atoms with E-state index in [0.29, 0.717) is 34.4 Å². The summed E-state index contributed by atoms with van der Waals surface area (Å²) >= 11 is 1.62. The molecule has 0 saturated heterocycles. The molecule has 0 atom stereocenters. The molecule has 0 fully saturated rings. The second-order valence-corrected chi connectivity index (χ2v) is 12.0. The Bertz CT molecular complexity index is 1640. The minimum Gasteiger partial charge on any atom is -0.490 e. The molecule has 4 aromatic rings. The van der Waals surface area contributed by atoms with Crippen LogP contribution in [0.15, 0.2) is 71.7 Å². The van der Waals surface area contributed by atoms with Gasteiger partial charge >= 0.3 is 0 Å². The average molecular weight is 610 g/mol. The molecular weight excluding hydrogens is 570 g/mol. The molecule has 5 rings (SSSR count). The standard InChI is InChI=1S/C36H39N3O4S/c1-4-42-31-21-26(17-19-30(31)43-23-33(40)38-27-12-8-7-9-13-27)22-37-36-34(29-14-10-5-6-11-15-32(29)44-36)35(41)39-28-18-16-24(2)25(3)20-28/h7-9,12-13,16-22H,4-6,10-11,14-15,23H2,1-3H3,(H,38,40)(H,39,41). The highest BCUT2D eigenvalue weighted by Crippen LogP contribution is 2.39. The molecule has 0 saturated carbocycles. The molecule has 2 amide bonds. The van der Waals surface area contributed by atoms with Gasteiger partial charge in [-0.1, -0.05) is 37.1 Å². The van der Waals surface area contributed by atoms with E-state index in [0.717, 1.165) is 48.1 Å². The molecule has 228 valence electrons. The fraction of sp³-hybridized carbons (Fsp3) is 0.306. The van der Waals surface area contributed by atoms with Gasteiger partial charge < -0.3 is 20.1 Å². The number of aliphatic imine (C=N–C) groups is 1. The maximum absolute atomic E-state index is 13.8. The Morgan fingerprint density at radius 1 is 0.841 bits per heavy atom. The van der Waals surface area contributed by atoms with Gasteiger partial charge in [-0.3, -0.25) is 9.59 Å². The zero-order valence-electron chi connectivity index (χ0n) is 25.6. The number of amides is 2. The van der Waals surface area contributed by atoms with Gasteiger partial charge in [-0.05, 0) is 111 Å². The smallest absolute Gasteiger partial charge is 0.262 e. The first kappa shape index (κ1) is 31.0. The third-order valence-corrected chi connectivity index (χ3v) is 8.86. The Balaban J connectivity index is 1.37. The van der Waals surface area contributed by atoms with Crippen molar-refractivity contribution in [1.82, 2.24) is 0 Å². The van der Waals surface area contributed by atoms with E-state index in [4.69, 9.17) is 14.5 Å². The van der Waals surface area contributed by atoms with Gasteiger partial charge in [-0.15, -0.1) is 11.3 Å². The summed E-state index contributed by atoms with van der Waals surface area (Å²) in [6, 6.07) is 20.7. The molecule has 1 aliphatic rings. The molecule has 7 nitrogen and oxygen atoms in total. The van der Waals surface area contributed by atoms with Crippen molar-refractivity contribution in [3.05, 3.63) is 99.4 Å². The third-order valence-electron chi connectivity index (χ3n) is 7.66. The zero-order chi connectivity index (χ0) is 30.9. The average Bonchev–Trinajstić information content (AvgIpc) is 3.34. The molecule has 1 aromatic heterocycles. The highest BCUT2D eigenvalue weighted by atomic mass is 32.1. The monoisotopic (exact) mass is 609 g/mol. The summed E-state index contributed by atoms with van der Waals surface area (Å²) in [5.74, 6) is 0.616. The van der Waals surface area contributed by atoms with Gasteiger partial charge in [0, 0.05) is 22.5 Å². The van der Waals surface area contributed by atoms with Gasteiger partial charge in [-0.25, -0.2) is 4.99 Å². The van der Waals surface area contributed by atoms with Crippen molar-refractivity contribution in [2.45, 2.75) is 59.3 Å². The number of carbonyl (C=O) groups excluding carboxylic acids is 2. The summed E-state index contributed by atoms with van der Waals surface area (Å²) < 4.78 is 11.7. The van der Waals surface area contributed by atoms with E-state index in [1.54, 1.807) is 23.6 Å². The number of carbonyl (C=O) groups is 2. The first-order valence-electron chi connectivity index (χ1n) is 15.2. The first-order chi connectivity index (χ1) is 21.4. The minimum atomic E-state index is -0.260. The Labute approximate surface area is 263 Å². The van der Waals surface area contributed by atoms with E-state index in [-0.39, 0.29) is 18.4 Å². The van der Waals surface area contributed by atoms with Crippen LogP contribution in [0, 0.1) is 13.8 Å². The SMILES string of the molecule is CCOc1cc(C=Nc2sc3c(c2C(=O)Nc2ccc(C)c(C)c2)CCCCCC3)ccc1OCC(=O)Nc1ccccc1. The zero-order valence-corrected chi connectivity index (χ0v) is 26.4. The van der Waals surface area contributed by atoms with E-state index in [1.807, 2.05) is 74.5 Å². The molecule has 1 aliphatic carbocycles. The lowest BCUT2D eigenvalue weighted by molar-refractivity contribution is -0.118. The van der Waals surface area contributed by atoms with Crippen molar-refractivity contribution in [3.63, 3.8) is 0 Å². The van der Waals surface area contributed by atoms with Crippen LogP contribution in [-0.2, 0) is 17.6 Å². The van der Waals surface area contributed by atoms with Crippen molar-refractivity contribution in [1.29, 1.82) is 0 Å². The Kier molecular flexibility index (Phi) is 10.5. The number of hydrogen-bond acceptors (Lipinski definition) is 6. The molecule has 0 bridgehead atoms. The van der Waals surface area contributed by atoms with Gasteiger partial charge in [0.2, 0.25) is 0 Å². The minimum absolute atomic E-state index is 0.119. The van der Waals surface area contributed by atoms with Crippen LogP contribution in [0.4, 0.5) is 16.4 Å². The second kappa shape index (κ2) is 14.8. The van der Waals surface area contributed by atoms with Crippen LogP contribution in [0.5, 0.6) is 11.5 Å². The van der Waals surface area contributed by atoms with Crippen LogP contribution < -0.4 is 20.1 Å². The number of para-hydroxylation sites is 1. The topological polar surface area (TPSA) is 89.0 Å². The normalized spacial score (nSPS) is 13.1. The number of rotatable bonds is 10. The number of thiophene rings is 1. The van der Waals surface area contributed by atoms with E-state index in [2.05, 4.69) is 17.6 Å². The molecule has 44 heavy (non-hydrogen) atoms. The molecule has 0 spiro atoms. The van der Waals surface area contributed by atoms with Crippen LogP contribution in [0.3, 0.4) is 0 Å². The lowest BCUT2D eigenvalue weighted by Gasteiger charge is -2.13. The number of nitrogens with zero attached hydrogens (tertiary/aromatic N) is 1. The number of fused-ring (bicyclic) bond motifs is 1. The van der Waals surface area contributed by atoms with Crippen LogP contribution in [0.2, 0.25) is 0 Å². The lowest BCUT2D eigenvalue weighted by atomic mass is 9.96. The van der Waals surface area contributed by atoms with Gasteiger partial charge in [-0.2, -0.15) is 0 Å². The molecule has 0 radical (unpaired) electrons. The summed E-state index contributed by atoms with van der Waals surface area (Å²) in [6.45, 7) is 6.30. The largest absolute Gasteiger partial charge is 0.490 e. The predicted octanol–water partition coefficient (Wildman–Crippen LogP) is 8.44. The van der Waals surface area contributed by atoms with Crippen molar-refractivity contribution < 1.29 is 19.1 Å². The number of benzene rings is 3. The number of hydrogen-bond donors (Lipinski definition) is 2. The maximum Gasteiger partial charge on any atom is 0.262 e. The Morgan fingerprint density at radius 2 is 1.64 bits per heavy atom. The van der Waals surface area contributed by atoms with Gasteiger partial charge in [0.25, 0.3) is 11.8 Å². The van der Waals surface area contributed by atoms with Crippen molar-refractivity contribution in [2.24, 2.45) is 4.99 Å². The fourth-order valence-corrected chi connectivity index (χ4v) is 6.46. The fourth-order valence-electron chi connectivity index (χ4n) is 5.23. The van der Waals surface area contributed by atoms with E-state index in [9.17, 15) is 9.59 Å². The summed E-state index contributed by atoms with van der Waals surface area (Å²) in [4.78, 5) is 32.3. The summed E-state index contributed by atoms with van der Waals surface area (Å²) in [5, 5.41) is 6.67. The quantitative estimate of drug-likeness (QED) is 0.177. The van der Waals surface area contributed by atoms with Crippen LogP contribution in [0.1, 0.15) is 70.1 Å². The summed E-state index contributed by atoms with van der Waals surface area (Å²) in [5.41, 5.74) is 6.43. The van der Waals surface area contributed by atoms with Crippen LogP contribution in [0.25, 0.3) is 0 Å². The first-order valence-corrected chi connectivity index (χ1v) is 16.0. The molecule has 2 N–H and O–H groups in total. The Hall–Kier alpha value is -4.43. The van der Waals surface area contributed by atoms with Crippen molar-refractivity contribution >= 4 is 45.7 Å². The van der Waals surface area contributed by atoms with E-state index < -0.39 is 0 Å². The summed E-state index contributed by atoms with van der Waals surface area (Å²) in [7, 11) is 0.